The van der Waals surface area contributed by atoms with Crippen molar-refractivity contribution in [1.29, 1.82) is 15.8 Å². The monoisotopic (exact) mass is 1020 g/mol. The highest BCUT2D eigenvalue weighted by Gasteiger charge is 2.42. The van der Waals surface area contributed by atoms with Crippen molar-refractivity contribution in [1.82, 2.24) is 15.0 Å². The van der Waals surface area contributed by atoms with Gasteiger partial charge < -0.3 is 25.4 Å². The number of rotatable bonds is 17. The molecule has 0 saturated heterocycles. The number of esters is 4. The van der Waals surface area contributed by atoms with Crippen LogP contribution in [0.1, 0.15) is 79.8 Å². The second-order valence-corrected chi connectivity index (χ2v) is 20.1. The van der Waals surface area contributed by atoms with E-state index in [0.29, 0.717) is 43.5 Å². The Bertz CT molecular complexity index is 3150. The lowest BCUT2D eigenvalue weighted by Crippen LogP contribution is -2.39. The molecule has 3 amide bonds. The standard InChI is InChI=1S/C51H43N9O9S3/c1-51(2,47(67)60-50-58-43(37(28-54)72-50)31-17-10-5-11-18-31)22-21-40(63)69-46(66)34-24-32(44(64)59-49-57-42(36(27-53)71-49)30-15-8-4-9-16-30)23-33(25-34)45(65)68-39(62)20-12-19-38(61)55-48-56-41(35(26-52)70-48)29-13-6-3-7-14-29/h3-11,13-18,32-34H,12,19-25H2,1-2H3,(H,55,56,61)(H,57,59,64)(H,58,60,67). The smallest absolute Gasteiger partial charge is 0.316 e. The molecule has 18 nitrogen and oxygen atoms in total. The van der Waals surface area contributed by atoms with Gasteiger partial charge in [-0.2, -0.15) is 15.8 Å². The van der Waals surface area contributed by atoms with E-state index >= 15 is 0 Å². The van der Waals surface area contributed by atoms with Gasteiger partial charge in [0.1, 0.15) is 49.9 Å². The number of amides is 3. The molecule has 3 unspecified atom stereocenters. The minimum absolute atomic E-state index is 0.0170. The van der Waals surface area contributed by atoms with Gasteiger partial charge in [-0.25, -0.2) is 15.0 Å². The van der Waals surface area contributed by atoms with Crippen LogP contribution in [0.2, 0.25) is 0 Å². The van der Waals surface area contributed by atoms with E-state index in [9.17, 15) is 49.3 Å². The molecule has 3 aromatic carbocycles. The summed E-state index contributed by atoms with van der Waals surface area (Å²) in [5.74, 6) is -9.02. The van der Waals surface area contributed by atoms with E-state index in [-0.39, 0.29) is 71.6 Å². The van der Waals surface area contributed by atoms with Crippen molar-refractivity contribution >= 4 is 91.0 Å². The lowest BCUT2D eigenvalue weighted by Gasteiger charge is -2.31. The number of carbonyl (C=O) groups excluding carboxylic acids is 7. The van der Waals surface area contributed by atoms with Crippen LogP contribution in [-0.4, -0.2) is 56.6 Å². The number of hydrogen-bond acceptors (Lipinski definition) is 18. The fraction of sp³-hybridized carbons (Fsp3) is 0.275. The zero-order valence-electron chi connectivity index (χ0n) is 38.6. The fourth-order valence-corrected chi connectivity index (χ4v) is 10.1. The molecule has 0 aliphatic heterocycles. The average Bonchev–Trinajstić information content (AvgIpc) is 4.13. The zero-order valence-corrected chi connectivity index (χ0v) is 41.1. The molecule has 6 aromatic rings. The summed E-state index contributed by atoms with van der Waals surface area (Å²) in [5.41, 5.74) is 2.05. The second-order valence-electron chi connectivity index (χ2n) is 17.1. The summed E-state index contributed by atoms with van der Waals surface area (Å²) >= 11 is 2.94. The molecular weight excluding hydrogens is 979 g/mol. The molecule has 1 aliphatic rings. The van der Waals surface area contributed by atoms with Crippen molar-refractivity contribution < 1.29 is 43.0 Å². The molecule has 3 heterocycles. The first kappa shape index (κ1) is 51.6. The molecule has 21 heteroatoms. The Kier molecular flexibility index (Phi) is 16.9. The quantitative estimate of drug-likeness (QED) is 0.0567. The van der Waals surface area contributed by atoms with Crippen molar-refractivity contribution in [3.8, 4) is 52.0 Å². The van der Waals surface area contributed by atoms with Gasteiger partial charge in [0.15, 0.2) is 15.4 Å². The molecule has 7 rings (SSSR count). The summed E-state index contributed by atoms with van der Waals surface area (Å²) in [6.07, 6.45) is -1.49. The van der Waals surface area contributed by atoms with Crippen molar-refractivity contribution in [3.05, 3.63) is 106 Å². The van der Waals surface area contributed by atoms with E-state index < -0.39 is 64.8 Å². The first-order valence-corrected chi connectivity index (χ1v) is 24.9. The number of benzene rings is 3. The maximum absolute atomic E-state index is 13.9. The molecule has 0 radical (unpaired) electrons. The number of nitriles is 3. The number of nitrogens with one attached hydrogen (secondary N) is 3. The van der Waals surface area contributed by atoms with Crippen LogP contribution in [0, 0.1) is 57.2 Å². The highest BCUT2D eigenvalue weighted by molar-refractivity contribution is 7.17. The third-order valence-electron chi connectivity index (χ3n) is 11.6. The number of aromatic nitrogens is 3. The number of carbonyl (C=O) groups is 7. The van der Waals surface area contributed by atoms with Crippen LogP contribution in [0.4, 0.5) is 15.4 Å². The van der Waals surface area contributed by atoms with Crippen LogP contribution in [-0.2, 0) is 43.0 Å². The van der Waals surface area contributed by atoms with Crippen LogP contribution >= 0.6 is 34.0 Å². The summed E-state index contributed by atoms with van der Waals surface area (Å²) < 4.78 is 10.4. The SMILES string of the molecule is CC(C)(CCC(=O)OC(=O)C1CC(C(=O)Nc2nc(-c3ccccc3)c(C#N)s2)CC(C(=O)OC(=O)CCCC(=O)Nc2nc(-c3ccccc3)c(C#N)s2)C1)C(=O)Nc1nc(-c2ccccc2)c(C#N)s1. The van der Waals surface area contributed by atoms with Crippen molar-refractivity contribution in [2.24, 2.45) is 23.2 Å². The van der Waals surface area contributed by atoms with Crippen molar-refractivity contribution in [2.45, 2.75) is 65.2 Å². The average molecular weight is 1020 g/mol. The first-order chi connectivity index (χ1) is 34.6. The predicted octanol–water partition coefficient (Wildman–Crippen LogP) is 9.04. The van der Waals surface area contributed by atoms with Gasteiger partial charge in [-0.15, -0.1) is 0 Å². The number of ether oxygens (including phenoxy) is 2. The van der Waals surface area contributed by atoms with Crippen molar-refractivity contribution in [3.63, 3.8) is 0 Å². The van der Waals surface area contributed by atoms with Gasteiger partial charge in [0.25, 0.3) is 0 Å². The largest absolute Gasteiger partial charge is 0.393 e. The molecule has 364 valence electrons. The van der Waals surface area contributed by atoms with E-state index in [0.717, 1.165) is 34.0 Å². The minimum Gasteiger partial charge on any atom is -0.393 e. The van der Waals surface area contributed by atoms with E-state index in [4.69, 9.17) is 9.47 Å². The van der Waals surface area contributed by atoms with Crippen LogP contribution < -0.4 is 16.0 Å². The summed E-state index contributed by atoms with van der Waals surface area (Å²) in [5, 5.41) is 37.6. The third-order valence-corrected chi connectivity index (χ3v) is 14.2. The predicted molar refractivity (Wildman–Crippen MR) is 266 cm³/mol. The van der Waals surface area contributed by atoms with Gasteiger partial charge in [0.05, 0.1) is 11.8 Å². The molecule has 3 atom stereocenters. The van der Waals surface area contributed by atoms with Crippen LogP contribution in [0.15, 0.2) is 91.0 Å². The highest BCUT2D eigenvalue weighted by Crippen LogP contribution is 2.38. The maximum Gasteiger partial charge on any atom is 0.316 e. The minimum atomic E-state index is -1.19. The molecule has 1 saturated carbocycles. The third kappa shape index (κ3) is 13.1. The summed E-state index contributed by atoms with van der Waals surface area (Å²) in [4.78, 5) is 108. The van der Waals surface area contributed by atoms with Gasteiger partial charge in [0, 0.05) is 47.3 Å². The lowest BCUT2D eigenvalue weighted by molar-refractivity contribution is -0.166. The molecule has 0 spiro atoms. The molecule has 0 bridgehead atoms. The molecule has 3 N–H and O–H groups in total. The Hall–Kier alpha value is -8.29. The second kappa shape index (κ2) is 23.5. The summed E-state index contributed by atoms with van der Waals surface area (Å²) in [7, 11) is 0. The Morgan fingerprint density at radius 3 is 1.38 bits per heavy atom. The van der Waals surface area contributed by atoms with E-state index in [1.165, 1.54) is 0 Å². The zero-order chi connectivity index (χ0) is 51.4. The number of nitrogens with zero attached hydrogens (tertiary/aromatic N) is 6. The van der Waals surface area contributed by atoms with Crippen LogP contribution in [0.25, 0.3) is 33.8 Å². The highest BCUT2D eigenvalue weighted by atomic mass is 32.1. The molecule has 1 fully saturated rings. The summed E-state index contributed by atoms with van der Waals surface area (Å²) in [6, 6.07) is 33.1. The van der Waals surface area contributed by atoms with E-state index in [1.807, 2.05) is 12.1 Å². The molecule has 72 heavy (non-hydrogen) atoms. The Morgan fingerprint density at radius 2 is 0.944 bits per heavy atom. The maximum atomic E-state index is 13.9. The fourth-order valence-electron chi connectivity index (χ4n) is 7.71. The van der Waals surface area contributed by atoms with Gasteiger partial charge in [-0.1, -0.05) is 139 Å². The summed E-state index contributed by atoms with van der Waals surface area (Å²) in [6.45, 7) is 3.18. The van der Waals surface area contributed by atoms with E-state index in [1.54, 1.807) is 92.7 Å². The number of anilines is 3. The molecule has 3 aromatic heterocycles. The van der Waals surface area contributed by atoms with Gasteiger partial charge in [0.2, 0.25) is 17.7 Å². The van der Waals surface area contributed by atoms with Gasteiger partial charge in [-0.05, 0) is 32.1 Å². The molecular formula is C51H43N9O9S3. The number of hydrogen-bond donors (Lipinski definition) is 3. The Labute approximate surface area is 424 Å². The van der Waals surface area contributed by atoms with E-state index in [2.05, 4.69) is 49.1 Å². The molecule has 1 aliphatic carbocycles. The first-order valence-electron chi connectivity index (χ1n) is 22.4. The normalized spacial score (nSPS) is 15.1. The topological polar surface area (TPSA) is 284 Å². The number of thiazole rings is 3. The van der Waals surface area contributed by atoms with Gasteiger partial charge in [-0.3, -0.25) is 33.6 Å². The van der Waals surface area contributed by atoms with Crippen LogP contribution in [0.3, 0.4) is 0 Å². The Balaban J connectivity index is 0.966. The van der Waals surface area contributed by atoms with Gasteiger partial charge >= 0.3 is 23.9 Å². The van der Waals surface area contributed by atoms with Crippen molar-refractivity contribution in [2.75, 3.05) is 16.0 Å². The lowest BCUT2D eigenvalue weighted by atomic mass is 9.74. The van der Waals surface area contributed by atoms with Crippen LogP contribution in [0.5, 0.6) is 0 Å². The Morgan fingerprint density at radius 1 is 0.556 bits per heavy atom.